The second-order valence-electron chi connectivity index (χ2n) is 4.10. The van der Waals surface area contributed by atoms with Crippen LogP contribution in [0.15, 0.2) is 24.4 Å². The number of aromatic amines is 1. The first-order valence-corrected chi connectivity index (χ1v) is 5.58. The van der Waals surface area contributed by atoms with Crippen LogP contribution >= 0.6 is 0 Å². The molecule has 4 nitrogen and oxygen atoms in total. The van der Waals surface area contributed by atoms with E-state index in [9.17, 15) is 9.18 Å². The minimum atomic E-state index is -0.856. The molecular weight excluding hydrogens is 235 g/mol. The van der Waals surface area contributed by atoms with E-state index in [-0.39, 0.29) is 12.2 Å². The Labute approximate surface area is 103 Å². The maximum atomic E-state index is 13.1. The molecule has 0 bridgehead atoms. The van der Waals surface area contributed by atoms with Gasteiger partial charge in [-0.2, -0.15) is 0 Å². The summed E-state index contributed by atoms with van der Waals surface area (Å²) in [7, 11) is 0. The van der Waals surface area contributed by atoms with E-state index in [4.69, 9.17) is 5.11 Å². The van der Waals surface area contributed by atoms with Gasteiger partial charge >= 0.3 is 5.97 Å². The molecule has 94 valence electrons. The molecule has 1 heterocycles. The van der Waals surface area contributed by atoms with Gasteiger partial charge in [0, 0.05) is 12.0 Å². The lowest BCUT2D eigenvalue weighted by Gasteiger charge is -2.00. The summed E-state index contributed by atoms with van der Waals surface area (Å²) in [6, 6.07) is 4.79. The van der Waals surface area contributed by atoms with Crippen molar-refractivity contribution in [3.05, 3.63) is 41.6 Å². The maximum Gasteiger partial charge on any atom is 0.303 e. The Morgan fingerprint density at radius 3 is 2.94 bits per heavy atom. The molecule has 1 aromatic carbocycles. The number of carboxylic acid groups (broad SMARTS) is 1. The number of nitrogens with zero attached hydrogens (tertiary/aromatic N) is 1. The van der Waals surface area contributed by atoms with Gasteiger partial charge in [0.05, 0.1) is 18.3 Å². The summed E-state index contributed by atoms with van der Waals surface area (Å²) in [5.41, 5.74) is 2.16. The zero-order valence-electron chi connectivity index (χ0n) is 9.90. The molecule has 0 fully saturated rings. The molecular formula is C13H13FN2O2. The van der Waals surface area contributed by atoms with Crippen LogP contribution < -0.4 is 0 Å². The number of rotatable bonds is 4. The smallest absolute Gasteiger partial charge is 0.303 e. The van der Waals surface area contributed by atoms with Crippen molar-refractivity contribution in [1.82, 2.24) is 9.97 Å². The number of hydrogen-bond acceptors (Lipinski definition) is 2. The SMILES string of the molecule is Cc1cc(-c2cnc(CCC(=O)O)[nH]2)ccc1F. The Balaban J connectivity index is 2.18. The summed E-state index contributed by atoms with van der Waals surface area (Å²) < 4.78 is 13.1. The lowest BCUT2D eigenvalue weighted by molar-refractivity contribution is -0.137. The summed E-state index contributed by atoms with van der Waals surface area (Å²) in [5.74, 6) is -0.482. The molecule has 2 N–H and O–H groups in total. The van der Waals surface area contributed by atoms with Crippen LogP contribution in [0.25, 0.3) is 11.3 Å². The van der Waals surface area contributed by atoms with Gasteiger partial charge in [0.25, 0.3) is 0 Å². The van der Waals surface area contributed by atoms with Gasteiger partial charge in [-0.05, 0) is 30.7 Å². The number of H-pyrrole nitrogens is 1. The Hall–Kier alpha value is -2.17. The molecule has 0 spiro atoms. The molecule has 0 aliphatic rings. The number of aliphatic carboxylic acids is 1. The summed E-state index contributed by atoms with van der Waals surface area (Å²) in [5, 5.41) is 8.58. The molecule has 0 saturated carbocycles. The largest absolute Gasteiger partial charge is 0.481 e. The molecule has 1 aromatic heterocycles. The molecule has 0 aliphatic carbocycles. The van der Waals surface area contributed by atoms with Crippen LogP contribution in [-0.4, -0.2) is 21.0 Å². The lowest BCUT2D eigenvalue weighted by atomic mass is 10.1. The number of aryl methyl sites for hydroxylation is 2. The molecule has 0 saturated heterocycles. The van der Waals surface area contributed by atoms with E-state index in [1.165, 1.54) is 6.07 Å². The fourth-order valence-electron chi connectivity index (χ4n) is 1.67. The molecule has 0 unspecified atom stereocenters. The topological polar surface area (TPSA) is 66.0 Å². The molecule has 18 heavy (non-hydrogen) atoms. The molecule has 0 aliphatic heterocycles. The van der Waals surface area contributed by atoms with Crippen molar-refractivity contribution in [2.45, 2.75) is 19.8 Å². The monoisotopic (exact) mass is 248 g/mol. The minimum Gasteiger partial charge on any atom is -0.481 e. The first-order valence-electron chi connectivity index (χ1n) is 5.58. The number of aromatic nitrogens is 2. The van der Waals surface area contributed by atoms with Gasteiger partial charge in [0.2, 0.25) is 0 Å². The Morgan fingerprint density at radius 1 is 1.50 bits per heavy atom. The van der Waals surface area contributed by atoms with Crippen LogP contribution in [0.5, 0.6) is 0 Å². The van der Waals surface area contributed by atoms with Crippen molar-refractivity contribution in [3.8, 4) is 11.3 Å². The third-order valence-corrected chi connectivity index (χ3v) is 2.67. The first kappa shape index (κ1) is 12.3. The van der Waals surface area contributed by atoms with Gasteiger partial charge in [-0.1, -0.05) is 0 Å². The van der Waals surface area contributed by atoms with E-state index in [1.54, 1.807) is 25.3 Å². The summed E-state index contributed by atoms with van der Waals surface area (Å²) >= 11 is 0. The van der Waals surface area contributed by atoms with Gasteiger partial charge in [-0.3, -0.25) is 4.79 Å². The molecule has 0 amide bonds. The van der Waals surface area contributed by atoms with Crippen molar-refractivity contribution >= 4 is 5.97 Å². The van der Waals surface area contributed by atoms with Gasteiger partial charge < -0.3 is 10.1 Å². The van der Waals surface area contributed by atoms with Crippen molar-refractivity contribution in [3.63, 3.8) is 0 Å². The molecule has 2 rings (SSSR count). The fraction of sp³-hybridized carbons (Fsp3) is 0.231. The zero-order valence-corrected chi connectivity index (χ0v) is 9.90. The zero-order chi connectivity index (χ0) is 13.1. The number of carbonyl (C=O) groups is 1. The normalized spacial score (nSPS) is 10.6. The van der Waals surface area contributed by atoms with Crippen LogP contribution in [0.3, 0.4) is 0 Å². The molecule has 2 aromatic rings. The summed E-state index contributed by atoms with van der Waals surface area (Å²) in [6.45, 7) is 1.69. The van der Waals surface area contributed by atoms with Gasteiger partial charge in [0.15, 0.2) is 0 Å². The van der Waals surface area contributed by atoms with Crippen LogP contribution in [0, 0.1) is 12.7 Å². The van der Waals surface area contributed by atoms with Crippen molar-refractivity contribution in [1.29, 1.82) is 0 Å². The lowest BCUT2D eigenvalue weighted by Crippen LogP contribution is -1.98. The Kier molecular flexibility index (Phi) is 3.41. The third-order valence-electron chi connectivity index (χ3n) is 2.67. The molecule has 5 heteroatoms. The number of imidazole rings is 1. The highest BCUT2D eigenvalue weighted by Crippen LogP contribution is 2.20. The average molecular weight is 248 g/mol. The third kappa shape index (κ3) is 2.74. The highest BCUT2D eigenvalue weighted by molar-refractivity contribution is 5.67. The van der Waals surface area contributed by atoms with Gasteiger partial charge in [-0.15, -0.1) is 0 Å². The number of nitrogens with one attached hydrogen (secondary N) is 1. The first-order chi connectivity index (χ1) is 8.56. The van der Waals surface area contributed by atoms with Gasteiger partial charge in [0.1, 0.15) is 11.6 Å². The predicted molar refractivity (Wildman–Crippen MR) is 64.7 cm³/mol. The number of halogens is 1. The van der Waals surface area contributed by atoms with Gasteiger partial charge in [-0.25, -0.2) is 9.37 Å². The number of carboxylic acids is 1. The summed E-state index contributed by atoms with van der Waals surface area (Å²) in [6.07, 6.45) is 2.02. The Morgan fingerprint density at radius 2 is 2.28 bits per heavy atom. The van der Waals surface area contributed by atoms with E-state index >= 15 is 0 Å². The second kappa shape index (κ2) is 5.00. The van der Waals surface area contributed by atoms with E-state index < -0.39 is 5.97 Å². The second-order valence-corrected chi connectivity index (χ2v) is 4.10. The number of hydrogen-bond donors (Lipinski definition) is 2. The summed E-state index contributed by atoms with van der Waals surface area (Å²) in [4.78, 5) is 17.6. The highest BCUT2D eigenvalue weighted by Gasteiger charge is 2.06. The van der Waals surface area contributed by atoms with E-state index in [1.807, 2.05) is 0 Å². The quantitative estimate of drug-likeness (QED) is 0.873. The van der Waals surface area contributed by atoms with Crippen molar-refractivity contribution in [2.75, 3.05) is 0 Å². The van der Waals surface area contributed by atoms with Crippen LogP contribution in [-0.2, 0) is 11.2 Å². The highest BCUT2D eigenvalue weighted by atomic mass is 19.1. The predicted octanol–water partition coefficient (Wildman–Crippen LogP) is 2.54. The minimum absolute atomic E-state index is 0.0371. The van der Waals surface area contributed by atoms with Crippen LogP contribution in [0.4, 0.5) is 4.39 Å². The number of benzene rings is 1. The molecule has 0 radical (unpaired) electrons. The van der Waals surface area contributed by atoms with Crippen LogP contribution in [0.1, 0.15) is 17.8 Å². The molecule has 0 atom stereocenters. The van der Waals surface area contributed by atoms with Crippen LogP contribution in [0.2, 0.25) is 0 Å². The maximum absolute atomic E-state index is 13.1. The van der Waals surface area contributed by atoms with Crippen molar-refractivity contribution in [2.24, 2.45) is 0 Å². The fourth-order valence-corrected chi connectivity index (χ4v) is 1.67. The van der Waals surface area contributed by atoms with E-state index in [0.29, 0.717) is 17.8 Å². The average Bonchev–Trinajstić information content (AvgIpc) is 2.79. The van der Waals surface area contributed by atoms with E-state index in [0.717, 1.165) is 11.3 Å². The van der Waals surface area contributed by atoms with Crippen molar-refractivity contribution < 1.29 is 14.3 Å². The standard InChI is InChI=1S/C13H13FN2O2/c1-8-6-9(2-3-10(8)14)11-7-15-12(16-11)4-5-13(17)18/h2-3,6-7H,4-5H2,1H3,(H,15,16)(H,17,18). The van der Waals surface area contributed by atoms with E-state index in [2.05, 4.69) is 9.97 Å². The Bertz CT molecular complexity index is 578.